The summed E-state index contributed by atoms with van der Waals surface area (Å²) in [5.41, 5.74) is 1.05. The number of nitrogens with zero attached hydrogens (tertiary/aromatic N) is 3. The van der Waals surface area contributed by atoms with E-state index >= 15 is 0 Å². The van der Waals surface area contributed by atoms with Crippen molar-refractivity contribution in [2.75, 3.05) is 5.32 Å². The summed E-state index contributed by atoms with van der Waals surface area (Å²) in [6.07, 6.45) is 0. The minimum atomic E-state index is -0.307. The molecule has 5 nitrogen and oxygen atoms in total. The highest BCUT2D eigenvalue weighted by Crippen LogP contribution is 2.08. The van der Waals surface area contributed by atoms with E-state index in [2.05, 4.69) is 15.6 Å². The van der Waals surface area contributed by atoms with Crippen LogP contribution in [0.25, 0.3) is 10.9 Å². The van der Waals surface area contributed by atoms with Crippen molar-refractivity contribution in [2.24, 2.45) is 0 Å². The maximum atomic E-state index is 12.8. The molecule has 1 aromatic heterocycles. The van der Waals surface area contributed by atoms with Crippen molar-refractivity contribution in [3.05, 3.63) is 64.7 Å². The molecule has 6 heteroatoms. The average Bonchev–Trinajstić information content (AvgIpc) is 2.49. The zero-order valence-electron chi connectivity index (χ0n) is 10.5. The van der Waals surface area contributed by atoms with Gasteiger partial charge in [0.25, 0.3) is 5.56 Å². The second-order valence-electron chi connectivity index (χ2n) is 4.25. The lowest BCUT2D eigenvalue weighted by Gasteiger charge is -2.07. The molecule has 0 aliphatic rings. The summed E-state index contributed by atoms with van der Waals surface area (Å²) in [6, 6.07) is 12.9. The first-order valence-electron chi connectivity index (χ1n) is 6.06. The summed E-state index contributed by atoms with van der Waals surface area (Å²) >= 11 is 0. The van der Waals surface area contributed by atoms with Gasteiger partial charge in [-0.15, -0.1) is 5.10 Å². The number of anilines is 1. The minimum Gasteiger partial charge on any atom is -0.366 e. The van der Waals surface area contributed by atoms with Gasteiger partial charge in [0.05, 0.1) is 5.39 Å². The van der Waals surface area contributed by atoms with Crippen LogP contribution < -0.4 is 10.9 Å². The first-order valence-corrected chi connectivity index (χ1v) is 6.06. The predicted molar refractivity (Wildman–Crippen MR) is 73.8 cm³/mol. The van der Waals surface area contributed by atoms with Crippen molar-refractivity contribution >= 4 is 16.6 Å². The van der Waals surface area contributed by atoms with E-state index in [0.29, 0.717) is 16.6 Å². The number of fused-ring (bicyclic) bond motifs is 1. The zero-order valence-corrected chi connectivity index (χ0v) is 10.5. The number of nitrogens with one attached hydrogen (secondary N) is 1. The van der Waals surface area contributed by atoms with Gasteiger partial charge in [-0.2, -0.15) is 4.68 Å². The van der Waals surface area contributed by atoms with E-state index in [4.69, 9.17) is 0 Å². The molecule has 20 heavy (non-hydrogen) atoms. The van der Waals surface area contributed by atoms with Crippen LogP contribution in [0.15, 0.2) is 53.3 Å². The van der Waals surface area contributed by atoms with Crippen molar-refractivity contribution in [3.8, 4) is 0 Å². The molecule has 0 spiro atoms. The Morgan fingerprint density at radius 3 is 2.65 bits per heavy atom. The molecule has 0 bridgehead atoms. The number of aromatic nitrogens is 3. The molecule has 0 aliphatic carbocycles. The van der Waals surface area contributed by atoms with Crippen LogP contribution >= 0.6 is 0 Å². The van der Waals surface area contributed by atoms with Crippen LogP contribution in [-0.2, 0) is 6.67 Å². The van der Waals surface area contributed by atoms with Crippen molar-refractivity contribution in [2.45, 2.75) is 6.67 Å². The molecule has 100 valence electrons. The molecule has 1 heterocycles. The van der Waals surface area contributed by atoms with Crippen molar-refractivity contribution in [1.82, 2.24) is 15.0 Å². The average molecular weight is 270 g/mol. The molecule has 0 radical (unpaired) electrons. The van der Waals surface area contributed by atoms with E-state index in [0.717, 1.165) is 0 Å². The van der Waals surface area contributed by atoms with Gasteiger partial charge in [0.15, 0.2) is 0 Å². The van der Waals surface area contributed by atoms with Gasteiger partial charge in [-0.25, -0.2) is 4.39 Å². The minimum absolute atomic E-state index is 0.169. The third kappa shape index (κ3) is 2.35. The summed E-state index contributed by atoms with van der Waals surface area (Å²) in [5, 5.41) is 11.3. The fourth-order valence-electron chi connectivity index (χ4n) is 1.86. The summed E-state index contributed by atoms with van der Waals surface area (Å²) in [6.45, 7) is 0.169. The second kappa shape index (κ2) is 5.08. The van der Waals surface area contributed by atoms with Gasteiger partial charge >= 0.3 is 0 Å². The van der Waals surface area contributed by atoms with Crippen LogP contribution in [0, 0.1) is 5.82 Å². The molecule has 0 saturated carbocycles. The number of hydrogen-bond donors (Lipinski definition) is 1. The molecule has 0 unspecified atom stereocenters. The second-order valence-corrected chi connectivity index (χ2v) is 4.25. The Kier molecular flexibility index (Phi) is 3.12. The Bertz CT molecular complexity index is 798. The number of hydrogen-bond acceptors (Lipinski definition) is 4. The fraction of sp³-hybridized carbons (Fsp3) is 0.0714. The topological polar surface area (TPSA) is 59.8 Å². The van der Waals surface area contributed by atoms with Gasteiger partial charge in [-0.05, 0) is 36.4 Å². The van der Waals surface area contributed by atoms with E-state index in [9.17, 15) is 9.18 Å². The van der Waals surface area contributed by atoms with Gasteiger partial charge in [0.1, 0.15) is 18.0 Å². The van der Waals surface area contributed by atoms with Gasteiger partial charge in [0.2, 0.25) is 0 Å². The Hall–Kier alpha value is -2.76. The summed E-state index contributed by atoms with van der Waals surface area (Å²) in [5.74, 6) is -0.307. The first-order chi connectivity index (χ1) is 9.74. The van der Waals surface area contributed by atoms with Gasteiger partial charge in [-0.1, -0.05) is 17.3 Å². The maximum Gasteiger partial charge on any atom is 0.279 e. The van der Waals surface area contributed by atoms with Crippen LogP contribution in [0.3, 0.4) is 0 Å². The molecular formula is C14H11FN4O. The SMILES string of the molecule is O=c1c2ccccc2nnn1CNc1ccc(F)cc1. The van der Waals surface area contributed by atoms with Crippen LogP contribution in [0.4, 0.5) is 10.1 Å². The number of benzene rings is 2. The molecule has 0 amide bonds. The van der Waals surface area contributed by atoms with Gasteiger partial charge in [-0.3, -0.25) is 4.79 Å². The zero-order chi connectivity index (χ0) is 13.9. The Morgan fingerprint density at radius 1 is 1.10 bits per heavy atom. The third-order valence-electron chi connectivity index (χ3n) is 2.91. The van der Waals surface area contributed by atoms with E-state index in [1.807, 2.05) is 0 Å². The lowest BCUT2D eigenvalue weighted by Crippen LogP contribution is -2.27. The highest BCUT2D eigenvalue weighted by atomic mass is 19.1. The molecule has 0 fully saturated rings. The van der Waals surface area contributed by atoms with Crippen LogP contribution in [0.2, 0.25) is 0 Å². The predicted octanol–water partition coefficient (Wildman–Crippen LogP) is 2.00. The van der Waals surface area contributed by atoms with Gasteiger partial charge < -0.3 is 5.32 Å². The first kappa shape index (κ1) is 12.3. The Morgan fingerprint density at radius 2 is 1.85 bits per heavy atom. The van der Waals surface area contributed by atoms with Crippen LogP contribution in [0.1, 0.15) is 0 Å². The van der Waals surface area contributed by atoms with E-state index in [-0.39, 0.29) is 18.0 Å². The van der Waals surface area contributed by atoms with Crippen LogP contribution in [0.5, 0.6) is 0 Å². The molecule has 3 rings (SSSR count). The summed E-state index contributed by atoms with van der Waals surface area (Å²) in [7, 11) is 0. The van der Waals surface area contributed by atoms with E-state index in [1.54, 1.807) is 36.4 Å². The van der Waals surface area contributed by atoms with Crippen molar-refractivity contribution in [1.29, 1.82) is 0 Å². The smallest absolute Gasteiger partial charge is 0.279 e. The quantitative estimate of drug-likeness (QED) is 0.790. The third-order valence-corrected chi connectivity index (χ3v) is 2.91. The number of rotatable bonds is 3. The summed E-state index contributed by atoms with van der Waals surface area (Å²) in [4.78, 5) is 12.2. The molecule has 2 aromatic carbocycles. The van der Waals surface area contributed by atoms with Crippen molar-refractivity contribution < 1.29 is 4.39 Å². The van der Waals surface area contributed by atoms with E-state index < -0.39 is 0 Å². The lowest BCUT2D eigenvalue weighted by molar-refractivity contribution is 0.588. The molecule has 0 saturated heterocycles. The molecule has 0 aliphatic heterocycles. The fourth-order valence-corrected chi connectivity index (χ4v) is 1.86. The Balaban J connectivity index is 1.86. The van der Waals surface area contributed by atoms with Crippen LogP contribution in [-0.4, -0.2) is 15.0 Å². The maximum absolute atomic E-state index is 12.8. The lowest BCUT2D eigenvalue weighted by atomic mass is 10.2. The molecule has 1 N–H and O–H groups in total. The van der Waals surface area contributed by atoms with E-state index in [1.165, 1.54) is 16.8 Å². The largest absolute Gasteiger partial charge is 0.366 e. The monoisotopic (exact) mass is 270 g/mol. The number of halogens is 1. The normalized spacial score (nSPS) is 10.7. The highest BCUT2D eigenvalue weighted by Gasteiger charge is 2.04. The molecule has 0 atom stereocenters. The van der Waals surface area contributed by atoms with Gasteiger partial charge in [0, 0.05) is 5.69 Å². The Labute approximate surface area is 113 Å². The highest BCUT2D eigenvalue weighted by molar-refractivity contribution is 5.76. The molecule has 3 aromatic rings. The summed E-state index contributed by atoms with van der Waals surface area (Å²) < 4.78 is 14.0. The molecular weight excluding hydrogens is 259 g/mol. The van der Waals surface area contributed by atoms with Crippen molar-refractivity contribution in [3.63, 3.8) is 0 Å². The standard InChI is InChI=1S/C14H11FN4O/c15-10-5-7-11(8-6-10)16-9-19-14(20)12-3-1-2-4-13(12)17-18-19/h1-8,16H,9H2.